The molecule has 0 N–H and O–H groups in total. The lowest BCUT2D eigenvalue weighted by atomic mass is 10.0. The molecule has 2 fully saturated rings. The number of hydrogen-bond donors (Lipinski definition) is 0. The summed E-state index contributed by atoms with van der Waals surface area (Å²) in [5, 5.41) is 0. The number of hydrogen-bond acceptors (Lipinski definition) is 3. The van der Waals surface area contributed by atoms with E-state index in [1.807, 2.05) is 29.2 Å². The zero-order valence-electron chi connectivity index (χ0n) is 16.5. The van der Waals surface area contributed by atoms with Crippen LogP contribution in [0.15, 0.2) is 24.3 Å². The number of nitrogens with zero attached hydrogens (tertiary/aromatic N) is 2. The Bertz CT molecular complexity index is 572. The van der Waals surface area contributed by atoms with Crippen molar-refractivity contribution in [2.45, 2.75) is 64.8 Å². The number of anilines is 1. The second kappa shape index (κ2) is 9.40. The first-order chi connectivity index (χ1) is 12.7. The molecule has 2 aliphatic rings. The molecule has 2 aliphatic heterocycles. The van der Waals surface area contributed by atoms with E-state index in [-0.39, 0.29) is 5.91 Å². The molecular formula is C22H34N2O2. The third kappa shape index (κ3) is 5.00. The molecule has 0 bridgehead atoms. The van der Waals surface area contributed by atoms with Crippen LogP contribution in [-0.2, 0) is 4.79 Å². The van der Waals surface area contributed by atoms with Crippen LogP contribution in [0.25, 0.3) is 0 Å². The van der Waals surface area contributed by atoms with Gasteiger partial charge in [0.05, 0.1) is 6.61 Å². The van der Waals surface area contributed by atoms with Crippen molar-refractivity contribution in [1.29, 1.82) is 0 Å². The normalized spacial score (nSPS) is 24.2. The molecular weight excluding hydrogens is 324 g/mol. The quantitative estimate of drug-likeness (QED) is 0.642. The molecule has 3 rings (SSSR count). The maximum absolute atomic E-state index is 12.2. The van der Waals surface area contributed by atoms with E-state index in [4.69, 9.17) is 4.74 Å². The highest BCUT2D eigenvalue weighted by molar-refractivity contribution is 5.95. The molecule has 1 amide bonds. The molecule has 4 heteroatoms. The lowest BCUT2D eigenvalue weighted by Gasteiger charge is -2.33. The van der Waals surface area contributed by atoms with E-state index >= 15 is 0 Å². The summed E-state index contributed by atoms with van der Waals surface area (Å²) in [7, 11) is 0. The Morgan fingerprint density at radius 1 is 1.19 bits per heavy atom. The maximum Gasteiger partial charge on any atom is 0.227 e. The zero-order chi connectivity index (χ0) is 18.4. The van der Waals surface area contributed by atoms with E-state index in [1.165, 1.54) is 25.8 Å². The average molecular weight is 359 g/mol. The van der Waals surface area contributed by atoms with Crippen molar-refractivity contribution >= 4 is 11.6 Å². The van der Waals surface area contributed by atoms with Crippen LogP contribution >= 0.6 is 0 Å². The summed E-state index contributed by atoms with van der Waals surface area (Å²) in [5.74, 6) is 1.67. The van der Waals surface area contributed by atoms with Gasteiger partial charge in [-0.3, -0.25) is 4.79 Å². The number of likely N-dealkylation sites (tertiary alicyclic amines) is 1. The van der Waals surface area contributed by atoms with E-state index in [1.54, 1.807) is 0 Å². The van der Waals surface area contributed by atoms with E-state index in [9.17, 15) is 4.79 Å². The molecule has 4 nitrogen and oxygen atoms in total. The van der Waals surface area contributed by atoms with Crippen LogP contribution < -0.4 is 9.64 Å². The summed E-state index contributed by atoms with van der Waals surface area (Å²) < 4.78 is 5.91. The van der Waals surface area contributed by atoms with Crippen LogP contribution in [0, 0.1) is 5.92 Å². The topological polar surface area (TPSA) is 32.8 Å². The minimum atomic E-state index is 0.257. The van der Waals surface area contributed by atoms with Crippen LogP contribution in [0.4, 0.5) is 5.69 Å². The predicted octanol–water partition coefficient (Wildman–Crippen LogP) is 4.48. The van der Waals surface area contributed by atoms with E-state index < -0.39 is 0 Å². The summed E-state index contributed by atoms with van der Waals surface area (Å²) in [6.45, 7) is 8.50. The van der Waals surface area contributed by atoms with Gasteiger partial charge in [0.15, 0.2) is 0 Å². The van der Waals surface area contributed by atoms with Gasteiger partial charge in [-0.2, -0.15) is 0 Å². The fourth-order valence-electron chi connectivity index (χ4n) is 4.30. The number of benzene rings is 1. The minimum absolute atomic E-state index is 0.257. The smallest absolute Gasteiger partial charge is 0.227 e. The second-order valence-electron chi connectivity index (χ2n) is 7.94. The molecule has 1 aromatic carbocycles. The van der Waals surface area contributed by atoms with Gasteiger partial charge in [-0.15, -0.1) is 0 Å². The first-order valence-corrected chi connectivity index (χ1v) is 10.4. The van der Waals surface area contributed by atoms with Crippen LogP contribution in [0.1, 0.15) is 58.8 Å². The average Bonchev–Trinajstić information content (AvgIpc) is 3.01. The largest absolute Gasteiger partial charge is 0.494 e. The summed E-state index contributed by atoms with van der Waals surface area (Å²) in [6.07, 6.45) is 8.08. The molecule has 144 valence electrons. The Labute approximate surface area is 158 Å². The van der Waals surface area contributed by atoms with Crippen molar-refractivity contribution in [3.05, 3.63) is 24.3 Å². The molecule has 0 spiro atoms. The SMILES string of the molecule is CCC[C@H]1CC(=O)N(c2ccc(OCCCN3CCCCC3C)cc2)C1. The van der Waals surface area contributed by atoms with E-state index in [2.05, 4.69) is 18.7 Å². The number of carbonyl (C=O) groups excluding carboxylic acids is 1. The van der Waals surface area contributed by atoms with Gasteiger partial charge in [-0.1, -0.05) is 19.8 Å². The molecule has 0 aliphatic carbocycles. The summed E-state index contributed by atoms with van der Waals surface area (Å²) >= 11 is 0. The number of rotatable bonds is 8. The Hall–Kier alpha value is -1.55. The van der Waals surface area contributed by atoms with Crippen molar-refractivity contribution in [3.63, 3.8) is 0 Å². The molecule has 26 heavy (non-hydrogen) atoms. The standard InChI is InChI=1S/C22H34N2O2/c1-3-7-19-16-22(25)24(17-19)20-9-11-21(12-10-20)26-15-6-14-23-13-5-4-8-18(23)2/h9-12,18-19H,3-8,13-17H2,1-2H3/t18?,19-/m0/s1. The summed E-state index contributed by atoms with van der Waals surface area (Å²) in [5.41, 5.74) is 1.00. The van der Waals surface area contributed by atoms with Crippen molar-refractivity contribution in [3.8, 4) is 5.75 Å². The van der Waals surface area contributed by atoms with Gasteiger partial charge < -0.3 is 14.5 Å². The van der Waals surface area contributed by atoms with Crippen LogP contribution in [0.2, 0.25) is 0 Å². The highest BCUT2D eigenvalue weighted by atomic mass is 16.5. The minimum Gasteiger partial charge on any atom is -0.494 e. The lowest BCUT2D eigenvalue weighted by molar-refractivity contribution is -0.117. The number of carbonyl (C=O) groups is 1. The van der Waals surface area contributed by atoms with Gasteiger partial charge in [-0.25, -0.2) is 0 Å². The van der Waals surface area contributed by atoms with Gasteiger partial charge in [-0.05, 0) is 69.3 Å². The van der Waals surface area contributed by atoms with Crippen LogP contribution in [0.3, 0.4) is 0 Å². The van der Waals surface area contributed by atoms with E-state index in [0.717, 1.165) is 56.4 Å². The van der Waals surface area contributed by atoms with Crippen LogP contribution in [-0.4, -0.2) is 43.1 Å². The third-order valence-electron chi connectivity index (χ3n) is 5.85. The highest BCUT2D eigenvalue weighted by Crippen LogP contribution is 2.29. The molecule has 0 radical (unpaired) electrons. The first kappa shape index (κ1) is 19.2. The molecule has 0 aromatic heterocycles. The van der Waals surface area contributed by atoms with Crippen molar-refractivity contribution in [2.75, 3.05) is 31.1 Å². The van der Waals surface area contributed by atoms with Crippen molar-refractivity contribution in [2.24, 2.45) is 5.92 Å². The first-order valence-electron chi connectivity index (χ1n) is 10.4. The lowest BCUT2D eigenvalue weighted by Crippen LogP contribution is -2.38. The fraction of sp³-hybridized carbons (Fsp3) is 0.682. The Kier molecular flexibility index (Phi) is 6.95. The molecule has 2 saturated heterocycles. The monoisotopic (exact) mass is 358 g/mol. The fourth-order valence-corrected chi connectivity index (χ4v) is 4.30. The predicted molar refractivity (Wildman–Crippen MR) is 107 cm³/mol. The molecule has 2 heterocycles. The number of ether oxygens (including phenoxy) is 1. The van der Waals surface area contributed by atoms with Crippen molar-refractivity contribution in [1.82, 2.24) is 4.90 Å². The highest BCUT2D eigenvalue weighted by Gasteiger charge is 2.29. The number of amides is 1. The zero-order valence-corrected chi connectivity index (χ0v) is 16.5. The van der Waals surface area contributed by atoms with E-state index in [0.29, 0.717) is 12.3 Å². The maximum atomic E-state index is 12.2. The Morgan fingerprint density at radius 2 is 2.00 bits per heavy atom. The van der Waals surface area contributed by atoms with Gasteiger partial charge >= 0.3 is 0 Å². The Balaban J connectivity index is 1.42. The van der Waals surface area contributed by atoms with Gasteiger partial charge in [0.25, 0.3) is 0 Å². The Morgan fingerprint density at radius 3 is 2.73 bits per heavy atom. The molecule has 2 atom stereocenters. The number of piperidine rings is 1. The molecule has 1 unspecified atom stereocenters. The summed E-state index contributed by atoms with van der Waals surface area (Å²) in [4.78, 5) is 16.7. The van der Waals surface area contributed by atoms with Gasteiger partial charge in [0.1, 0.15) is 5.75 Å². The third-order valence-corrected chi connectivity index (χ3v) is 5.85. The van der Waals surface area contributed by atoms with Gasteiger partial charge in [0, 0.05) is 31.2 Å². The second-order valence-corrected chi connectivity index (χ2v) is 7.94. The van der Waals surface area contributed by atoms with Gasteiger partial charge in [0.2, 0.25) is 5.91 Å². The van der Waals surface area contributed by atoms with Crippen molar-refractivity contribution < 1.29 is 9.53 Å². The molecule has 0 saturated carbocycles. The molecule has 1 aromatic rings. The van der Waals surface area contributed by atoms with Crippen LogP contribution in [0.5, 0.6) is 5.75 Å². The summed E-state index contributed by atoms with van der Waals surface area (Å²) in [6, 6.07) is 8.76.